The van der Waals surface area contributed by atoms with E-state index in [1.807, 2.05) is 17.9 Å². The summed E-state index contributed by atoms with van der Waals surface area (Å²) in [5.41, 5.74) is 3.83. The third kappa shape index (κ3) is 1.46. The maximum Gasteiger partial charge on any atom is 0.0728 e. The number of nitrogens with zero attached hydrogens (tertiary/aromatic N) is 3. The predicted molar refractivity (Wildman–Crippen MR) is 62.4 cm³/mol. The molecule has 1 aliphatic heterocycles. The van der Waals surface area contributed by atoms with Gasteiger partial charge in [0.15, 0.2) is 0 Å². The van der Waals surface area contributed by atoms with Crippen LogP contribution in [0.4, 0.5) is 5.69 Å². The normalized spacial score (nSPS) is 18.9. The summed E-state index contributed by atoms with van der Waals surface area (Å²) in [6, 6.07) is 8.47. The van der Waals surface area contributed by atoms with Crippen LogP contribution >= 0.6 is 0 Å². The zero-order valence-corrected chi connectivity index (χ0v) is 9.22. The van der Waals surface area contributed by atoms with Crippen molar-refractivity contribution in [3.63, 3.8) is 0 Å². The molecule has 1 aromatic heterocycles. The van der Waals surface area contributed by atoms with Gasteiger partial charge in [-0.2, -0.15) is 0 Å². The van der Waals surface area contributed by atoms with E-state index >= 15 is 0 Å². The zero-order chi connectivity index (χ0) is 11.0. The Balaban J connectivity index is 1.91. The average molecular weight is 214 g/mol. The van der Waals surface area contributed by atoms with Gasteiger partial charge in [-0.1, -0.05) is 23.4 Å². The van der Waals surface area contributed by atoms with Crippen molar-refractivity contribution in [2.45, 2.75) is 12.3 Å². The fourth-order valence-electron chi connectivity index (χ4n) is 2.32. The van der Waals surface area contributed by atoms with E-state index in [2.05, 4.69) is 39.9 Å². The van der Waals surface area contributed by atoms with Gasteiger partial charge in [-0.15, -0.1) is 5.10 Å². The summed E-state index contributed by atoms with van der Waals surface area (Å²) in [5, 5.41) is 11.4. The van der Waals surface area contributed by atoms with Crippen LogP contribution in [-0.2, 0) is 13.5 Å². The summed E-state index contributed by atoms with van der Waals surface area (Å²) < 4.78 is 1.86. The molecule has 0 radical (unpaired) electrons. The van der Waals surface area contributed by atoms with E-state index in [-0.39, 0.29) is 0 Å². The number of benzene rings is 1. The predicted octanol–water partition coefficient (Wildman–Crippen LogP) is 1.57. The number of aryl methyl sites for hydroxylation is 1. The Morgan fingerprint density at radius 3 is 3.06 bits per heavy atom. The maximum atomic E-state index is 3.99. The Morgan fingerprint density at radius 2 is 2.25 bits per heavy atom. The Bertz CT molecular complexity index is 503. The number of aromatic nitrogens is 3. The number of para-hydroxylation sites is 1. The molecule has 1 aliphatic rings. The van der Waals surface area contributed by atoms with E-state index < -0.39 is 0 Å². The summed E-state index contributed by atoms with van der Waals surface area (Å²) in [5.74, 6) is 0.467. The van der Waals surface area contributed by atoms with Gasteiger partial charge in [0.1, 0.15) is 0 Å². The number of hydrogen-bond acceptors (Lipinski definition) is 3. The molecule has 0 fully saturated rings. The lowest BCUT2D eigenvalue weighted by molar-refractivity contribution is 0.598. The van der Waals surface area contributed by atoms with Crippen LogP contribution < -0.4 is 5.32 Å². The first-order valence-electron chi connectivity index (χ1n) is 5.51. The molecule has 0 saturated carbocycles. The van der Waals surface area contributed by atoms with Crippen molar-refractivity contribution in [3.8, 4) is 0 Å². The minimum atomic E-state index is 0.467. The first-order valence-corrected chi connectivity index (χ1v) is 5.51. The van der Waals surface area contributed by atoms with Crippen LogP contribution in [0, 0.1) is 0 Å². The number of anilines is 1. The number of nitrogens with one attached hydrogen (secondary N) is 1. The fourth-order valence-corrected chi connectivity index (χ4v) is 2.32. The first-order chi connectivity index (χ1) is 7.84. The van der Waals surface area contributed by atoms with Gasteiger partial charge < -0.3 is 5.32 Å². The van der Waals surface area contributed by atoms with Crippen molar-refractivity contribution in [3.05, 3.63) is 41.7 Å². The SMILES string of the molecule is Cn1nncc1C1CNc2ccccc2C1. The maximum absolute atomic E-state index is 3.99. The molecule has 4 nitrogen and oxygen atoms in total. The monoisotopic (exact) mass is 214 g/mol. The zero-order valence-electron chi connectivity index (χ0n) is 9.22. The van der Waals surface area contributed by atoms with Crippen LogP contribution in [0.3, 0.4) is 0 Å². The number of fused-ring (bicyclic) bond motifs is 1. The standard InChI is InChI=1S/C12H14N4/c1-16-12(8-14-15-16)10-6-9-4-2-3-5-11(9)13-7-10/h2-5,8,10,13H,6-7H2,1H3. The lowest BCUT2D eigenvalue weighted by Gasteiger charge is -2.25. The van der Waals surface area contributed by atoms with Crippen molar-refractivity contribution in [1.29, 1.82) is 0 Å². The molecule has 1 atom stereocenters. The summed E-state index contributed by atoms with van der Waals surface area (Å²) in [6.45, 7) is 0.957. The van der Waals surface area contributed by atoms with Crippen molar-refractivity contribution >= 4 is 5.69 Å². The van der Waals surface area contributed by atoms with E-state index in [9.17, 15) is 0 Å². The lowest BCUT2D eigenvalue weighted by atomic mass is 9.92. The second-order valence-electron chi connectivity index (χ2n) is 4.22. The minimum absolute atomic E-state index is 0.467. The number of rotatable bonds is 1. The molecule has 16 heavy (non-hydrogen) atoms. The van der Waals surface area contributed by atoms with Crippen LogP contribution in [0.1, 0.15) is 17.2 Å². The molecular formula is C12H14N4. The Morgan fingerprint density at radius 1 is 1.38 bits per heavy atom. The van der Waals surface area contributed by atoms with Gasteiger partial charge in [-0.3, -0.25) is 4.68 Å². The fraction of sp³-hybridized carbons (Fsp3) is 0.333. The van der Waals surface area contributed by atoms with Gasteiger partial charge in [0.2, 0.25) is 0 Å². The Labute approximate surface area is 94.3 Å². The summed E-state index contributed by atoms with van der Waals surface area (Å²) >= 11 is 0. The Hall–Kier alpha value is -1.84. The van der Waals surface area contributed by atoms with Crippen LogP contribution in [-0.4, -0.2) is 21.5 Å². The van der Waals surface area contributed by atoms with E-state index in [1.165, 1.54) is 16.9 Å². The molecule has 2 aromatic rings. The number of hydrogen-bond donors (Lipinski definition) is 1. The molecule has 0 aliphatic carbocycles. The van der Waals surface area contributed by atoms with E-state index in [0.717, 1.165) is 13.0 Å². The summed E-state index contributed by atoms with van der Waals surface area (Å²) in [6.07, 6.45) is 2.92. The molecule has 0 bridgehead atoms. The van der Waals surface area contributed by atoms with Gasteiger partial charge in [-0.05, 0) is 18.1 Å². The molecule has 0 amide bonds. The third-order valence-corrected chi connectivity index (χ3v) is 3.19. The van der Waals surface area contributed by atoms with Crippen LogP contribution in [0.5, 0.6) is 0 Å². The van der Waals surface area contributed by atoms with Crippen molar-refractivity contribution in [2.24, 2.45) is 7.05 Å². The summed E-state index contributed by atoms with van der Waals surface area (Å²) in [4.78, 5) is 0. The highest BCUT2D eigenvalue weighted by Gasteiger charge is 2.21. The summed E-state index contributed by atoms with van der Waals surface area (Å²) in [7, 11) is 1.95. The molecule has 1 N–H and O–H groups in total. The van der Waals surface area contributed by atoms with Crippen LogP contribution in [0.15, 0.2) is 30.5 Å². The molecule has 4 heteroatoms. The highest BCUT2D eigenvalue weighted by atomic mass is 15.4. The lowest BCUT2D eigenvalue weighted by Crippen LogP contribution is -2.23. The molecule has 0 spiro atoms. The second kappa shape index (κ2) is 3.63. The van der Waals surface area contributed by atoms with Crippen molar-refractivity contribution < 1.29 is 0 Å². The molecule has 2 heterocycles. The van der Waals surface area contributed by atoms with Gasteiger partial charge >= 0.3 is 0 Å². The molecule has 1 aromatic carbocycles. The van der Waals surface area contributed by atoms with Crippen molar-refractivity contribution in [2.75, 3.05) is 11.9 Å². The molecule has 3 rings (SSSR count). The third-order valence-electron chi connectivity index (χ3n) is 3.19. The van der Waals surface area contributed by atoms with E-state index in [0.29, 0.717) is 5.92 Å². The van der Waals surface area contributed by atoms with Gasteiger partial charge in [0.25, 0.3) is 0 Å². The van der Waals surface area contributed by atoms with Gasteiger partial charge in [-0.25, -0.2) is 0 Å². The molecule has 82 valence electrons. The van der Waals surface area contributed by atoms with Crippen LogP contribution in [0.25, 0.3) is 0 Å². The van der Waals surface area contributed by atoms with Gasteiger partial charge in [0, 0.05) is 25.2 Å². The Kier molecular flexibility index (Phi) is 2.13. The topological polar surface area (TPSA) is 42.7 Å². The molecule has 1 unspecified atom stereocenters. The van der Waals surface area contributed by atoms with Crippen molar-refractivity contribution in [1.82, 2.24) is 15.0 Å². The second-order valence-corrected chi connectivity index (χ2v) is 4.22. The minimum Gasteiger partial charge on any atom is -0.384 e. The molecular weight excluding hydrogens is 200 g/mol. The largest absolute Gasteiger partial charge is 0.384 e. The van der Waals surface area contributed by atoms with E-state index in [1.54, 1.807) is 0 Å². The highest BCUT2D eigenvalue weighted by molar-refractivity contribution is 5.54. The molecule has 0 saturated heterocycles. The average Bonchev–Trinajstić information content (AvgIpc) is 2.75. The van der Waals surface area contributed by atoms with E-state index in [4.69, 9.17) is 0 Å². The highest BCUT2D eigenvalue weighted by Crippen LogP contribution is 2.29. The quantitative estimate of drug-likeness (QED) is 0.783. The smallest absolute Gasteiger partial charge is 0.0728 e. The van der Waals surface area contributed by atoms with Crippen LogP contribution in [0.2, 0.25) is 0 Å². The first kappa shape index (κ1) is 9.39. The van der Waals surface area contributed by atoms with Gasteiger partial charge in [0.05, 0.1) is 11.9 Å².